The molecule has 0 aromatic carbocycles. The van der Waals surface area contributed by atoms with Gasteiger partial charge < -0.3 is 15.1 Å². The van der Waals surface area contributed by atoms with Crippen LogP contribution in [-0.2, 0) is 6.54 Å². The van der Waals surface area contributed by atoms with Crippen LogP contribution >= 0.6 is 0 Å². The van der Waals surface area contributed by atoms with Crippen molar-refractivity contribution in [2.75, 3.05) is 5.32 Å². The van der Waals surface area contributed by atoms with Crippen molar-refractivity contribution in [3.63, 3.8) is 0 Å². The third kappa shape index (κ3) is 3.84. The topological polar surface area (TPSA) is 67.2 Å². The van der Waals surface area contributed by atoms with E-state index in [0.717, 1.165) is 11.4 Å². The number of anilines is 1. The molecule has 0 fully saturated rings. The predicted molar refractivity (Wildman–Crippen MR) is 72.9 cm³/mol. The summed E-state index contributed by atoms with van der Waals surface area (Å²) in [5, 5.41) is 5.96. The van der Waals surface area contributed by atoms with Crippen LogP contribution in [0.1, 0.15) is 30.1 Å². The van der Waals surface area contributed by atoms with E-state index in [2.05, 4.69) is 15.6 Å². The van der Waals surface area contributed by atoms with Crippen LogP contribution in [-0.4, -0.2) is 16.9 Å². The zero-order chi connectivity index (χ0) is 13.7. The molecule has 2 heterocycles. The molecule has 0 spiro atoms. The maximum atomic E-state index is 11.7. The van der Waals surface area contributed by atoms with Crippen LogP contribution in [0, 0.1) is 0 Å². The van der Waals surface area contributed by atoms with Gasteiger partial charge in [0.1, 0.15) is 11.5 Å². The maximum absolute atomic E-state index is 11.7. The molecule has 2 aromatic rings. The molecule has 0 saturated carbocycles. The van der Waals surface area contributed by atoms with Gasteiger partial charge in [-0.05, 0) is 38.1 Å². The average Bonchev–Trinajstić information content (AvgIpc) is 2.89. The predicted octanol–water partition coefficient (Wildman–Crippen LogP) is 2.42. The number of nitrogens with one attached hydrogen (secondary N) is 2. The molecule has 0 saturated heterocycles. The van der Waals surface area contributed by atoms with Crippen LogP contribution < -0.4 is 10.6 Å². The van der Waals surface area contributed by atoms with Crippen LogP contribution in [0.2, 0.25) is 0 Å². The highest BCUT2D eigenvalue weighted by atomic mass is 16.3. The summed E-state index contributed by atoms with van der Waals surface area (Å²) in [6, 6.07) is 7.36. The van der Waals surface area contributed by atoms with Crippen LogP contribution in [0.5, 0.6) is 0 Å². The highest BCUT2D eigenvalue weighted by Gasteiger charge is 2.07. The second-order valence-corrected chi connectivity index (χ2v) is 4.49. The van der Waals surface area contributed by atoms with Crippen molar-refractivity contribution >= 4 is 11.6 Å². The van der Waals surface area contributed by atoms with Gasteiger partial charge in [-0.1, -0.05) is 0 Å². The molecule has 1 amide bonds. The molecule has 0 aliphatic rings. The fraction of sp³-hybridized carbons (Fsp3) is 0.286. The average molecular weight is 259 g/mol. The van der Waals surface area contributed by atoms with Crippen LogP contribution in [0.15, 0.2) is 41.1 Å². The zero-order valence-electron chi connectivity index (χ0n) is 11.0. The standard InChI is InChI=1S/C14H17N3O2/c1-10(2)17-14(18)13-6-5-11(8-16-13)15-9-12-4-3-7-19-12/h3-8,10,15H,9H2,1-2H3,(H,17,18). The van der Waals surface area contributed by atoms with E-state index >= 15 is 0 Å². The van der Waals surface area contributed by atoms with Crippen molar-refractivity contribution < 1.29 is 9.21 Å². The molecule has 2 N–H and O–H groups in total. The van der Waals surface area contributed by atoms with Gasteiger partial charge in [-0.25, -0.2) is 4.98 Å². The Kier molecular flexibility index (Phi) is 4.18. The smallest absolute Gasteiger partial charge is 0.270 e. The lowest BCUT2D eigenvalue weighted by Crippen LogP contribution is -2.30. The van der Waals surface area contributed by atoms with Gasteiger partial charge in [0.05, 0.1) is 24.7 Å². The molecule has 0 radical (unpaired) electrons. The molecule has 0 aliphatic carbocycles. The van der Waals surface area contributed by atoms with E-state index in [0.29, 0.717) is 12.2 Å². The number of nitrogens with zero attached hydrogens (tertiary/aromatic N) is 1. The van der Waals surface area contributed by atoms with E-state index in [1.54, 1.807) is 18.5 Å². The number of hydrogen-bond acceptors (Lipinski definition) is 4. The van der Waals surface area contributed by atoms with Gasteiger partial charge in [-0.2, -0.15) is 0 Å². The second kappa shape index (κ2) is 6.04. The number of rotatable bonds is 5. The fourth-order valence-electron chi connectivity index (χ4n) is 1.57. The molecule has 0 bridgehead atoms. The molecule has 0 atom stereocenters. The molecule has 2 rings (SSSR count). The summed E-state index contributed by atoms with van der Waals surface area (Å²) in [6.45, 7) is 4.42. The van der Waals surface area contributed by atoms with Gasteiger partial charge in [0.2, 0.25) is 0 Å². The first-order chi connectivity index (χ1) is 9.15. The third-order valence-electron chi connectivity index (χ3n) is 2.46. The molecule has 5 nitrogen and oxygen atoms in total. The highest BCUT2D eigenvalue weighted by Crippen LogP contribution is 2.09. The molecule has 0 unspecified atom stereocenters. The van der Waals surface area contributed by atoms with E-state index in [9.17, 15) is 4.79 Å². The largest absolute Gasteiger partial charge is 0.467 e. The van der Waals surface area contributed by atoms with Crippen LogP contribution in [0.25, 0.3) is 0 Å². The Bertz CT molecular complexity index is 518. The molecule has 19 heavy (non-hydrogen) atoms. The highest BCUT2D eigenvalue weighted by molar-refractivity contribution is 5.92. The van der Waals surface area contributed by atoms with Crippen molar-refractivity contribution in [1.29, 1.82) is 0 Å². The van der Waals surface area contributed by atoms with Crippen LogP contribution in [0.4, 0.5) is 5.69 Å². The molecule has 5 heteroatoms. The lowest BCUT2D eigenvalue weighted by Gasteiger charge is -2.08. The number of aromatic nitrogens is 1. The first-order valence-electron chi connectivity index (χ1n) is 6.18. The molecule has 2 aromatic heterocycles. The summed E-state index contributed by atoms with van der Waals surface area (Å²) < 4.78 is 5.21. The fourth-order valence-corrected chi connectivity index (χ4v) is 1.57. The van der Waals surface area contributed by atoms with Crippen LogP contribution in [0.3, 0.4) is 0 Å². The molecule has 0 aliphatic heterocycles. The lowest BCUT2D eigenvalue weighted by atomic mass is 10.3. The third-order valence-corrected chi connectivity index (χ3v) is 2.46. The Labute approximate surface area is 112 Å². The molecule has 100 valence electrons. The quantitative estimate of drug-likeness (QED) is 0.865. The number of carbonyl (C=O) groups is 1. The van der Waals surface area contributed by atoms with E-state index < -0.39 is 0 Å². The summed E-state index contributed by atoms with van der Waals surface area (Å²) in [4.78, 5) is 15.8. The van der Waals surface area contributed by atoms with Gasteiger partial charge >= 0.3 is 0 Å². The summed E-state index contributed by atoms with van der Waals surface area (Å²) in [5.41, 5.74) is 1.26. The number of hydrogen-bond donors (Lipinski definition) is 2. The second-order valence-electron chi connectivity index (χ2n) is 4.49. The van der Waals surface area contributed by atoms with E-state index in [1.165, 1.54) is 0 Å². The Balaban J connectivity index is 1.92. The first kappa shape index (κ1) is 13.1. The Morgan fingerprint density at radius 2 is 2.21 bits per heavy atom. The summed E-state index contributed by atoms with van der Waals surface area (Å²) in [6.07, 6.45) is 3.27. The number of carbonyl (C=O) groups excluding carboxylic acids is 1. The van der Waals surface area contributed by atoms with Crippen molar-refractivity contribution in [2.45, 2.75) is 26.4 Å². The normalized spacial score (nSPS) is 10.5. The Hall–Kier alpha value is -2.30. The van der Waals surface area contributed by atoms with E-state index in [-0.39, 0.29) is 11.9 Å². The number of amides is 1. The van der Waals surface area contributed by atoms with Gasteiger partial charge in [-0.3, -0.25) is 4.79 Å². The zero-order valence-corrected chi connectivity index (χ0v) is 11.0. The van der Waals surface area contributed by atoms with Gasteiger partial charge in [-0.15, -0.1) is 0 Å². The summed E-state index contributed by atoms with van der Waals surface area (Å²) in [5.74, 6) is 0.689. The first-order valence-corrected chi connectivity index (χ1v) is 6.18. The van der Waals surface area contributed by atoms with Gasteiger partial charge in [0, 0.05) is 6.04 Å². The molecular formula is C14H17N3O2. The number of furan rings is 1. The maximum Gasteiger partial charge on any atom is 0.270 e. The SMILES string of the molecule is CC(C)NC(=O)c1ccc(NCc2ccco2)cn1. The lowest BCUT2D eigenvalue weighted by molar-refractivity contribution is 0.0938. The van der Waals surface area contributed by atoms with E-state index in [1.807, 2.05) is 32.0 Å². The Morgan fingerprint density at radius 1 is 1.37 bits per heavy atom. The minimum Gasteiger partial charge on any atom is -0.467 e. The Morgan fingerprint density at radius 3 is 2.79 bits per heavy atom. The number of pyridine rings is 1. The van der Waals surface area contributed by atoms with Crippen molar-refractivity contribution in [2.24, 2.45) is 0 Å². The van der Waals surface area contributed by atoms with Crippen molar-refractivity contribution in [3.05, 3.63) is 48.2 Å². The van der Waals surface area contributed by atoms with E-state index in [4.69, 9.17) is 4.42 Å². The minimum atomic E-state index is -0.160. The minimum absolute atomic E-state index is 0.103. The summed E-state index contributed by atoms with van der Waals surface area (Å²) >= 11 is 0. The monoisotopic (exact) mass is 259 g/mol. The summed E-state index contributed by atoms with van der Waals surface area (Å²) in [7, 11) is 0. The van der Waals surface area contributed by atoms with Crippen molar-refractivity contribution in [1.82, 2.24) is 10.3 Å². The van der Waals surface area contributed by atoms with Gasteiger partial charge in [0.25, 0.3) is 5.91 Å². The van der Waals surface area contributed by atoms with Gasteiger partial charge in [0.15, 0.2) is 0 Å². The molecular weight excluding hydrogens is 242 g/mol. The van der Waals surface area contributed by atoms with Crippen molar-refractivity contribution in [3.8, 4) is 0 Å².